The van der Waals surface area contributed by atoms with E-state index < -0.39 is 0 Å². The highest BCUT2D eigenvalue weighted by Crippen LogP contribution is 2.28. The van der Waals surface area contributed by atoms with E-state index in [0.717, 1.165) is 16.5 Å². The number of hydrogen-bond acceptors (Lipinski definition) is 4. The van der Waals surface area contributed by atoms with Crippen molar-refractivity contribution < 1.29 is 4.79 Å². The molecule has 2 bridgehead atoms. The largest absolute Gasteiger partial charge is 0.346 e. The zero-order valence-electron chi connectivity index (χ0n) is 10.4. The van der Waals surface area contributed by atoms with Gasteiger partial charge in [0.1, 0.15) is 5.69 Å². The second-order valence-corrected chi connectivity index (χ2v) is 6.34. The highest BCUT2D eigenvalue weighted by Gasteiger charge is 2.39. The summed E-state index contributed by atoms with van der Waals surface area (Å²) in [6.07, 6.45) is 5.25. The molecule has 2 aliphatic rings. The van der Waals surface area contributed by atoms with Crippen LogP contribution in [0.15, 0.2) is 23.7 Å². The van der Waals surface area contributed by atoms with Gasteiger partial charge in [-0.3, -0.25) is 9.78 Å². The molecule has 98 valence electrons. The van der Waals surface area contributed by atoms with Gasteiger partial charge >= 0.3 is 0 Å². The summed E-state index contributed by atoms with van der Waals surface area (Å²) in [5.74, 6) is -0.0466. The van der Waals surface area contributed by atoms with Crippen LogP contribution in [0.3, 0.4) is 0 Å². The lowest BCUT2D eigenvalue weighted by molar-refractivity contribution is 0.0926. The Bertz CT molecular complexity index is 638. The Morgan fingerprint density at radius 2 is 2.42 bits per heavy atom. The van der Waals surface area contributed by atoms with Crippen molar-refractivity contribution in [3.05, 3.63) is 29.4 Å². The van der Waals surface area contributed by atoms with Crippen molar-refractivity contribution in [3.63, 3.8) is 0 Å². The van der Waals surface area contributed by atoms with Crippen LogP contribution in [-0.2, 0) is 0 Å². The van der Waals surface area contributed by atoms with Crippen LogP contribution in [0.4, 0.5) is 0 Å². The molecule has 0 radical (unpaired) electrons. The molecule has 0 aliphatic carbocycles. The van der Waals surface area contributed by atoms with Crippen molar-refractivity contribution in [1.82, 2.24) is 15.6 Å². The summed E-state index contributed by atoms with van der Waals surface area (Å²) < 4.78 is 1.12. The second kappa shape index (κ2) is 4.28. The maximum Gasteiger partial charge on any atom is 0.270 e. The van der Waals surface area contributed by atoms with E-state index in [1.807, 2.05) is 17.5 Å². The molecule has 2 aromatic heterocycles. The van der Waals surface area contributed by atoms with Gasteiger partial charge in [0.25, 0.3) is 5.91 Å². The van der Waals surface area contributed by atoms with E-state index in [0.29, 0.717) is 17.8 Å². The van der Waals surface area contributed by atoms with Crippen molar-refractivity contribution in [2.75, 3.05) is 0 Å². The van der Waals surface area contributed by atoms with E-state index in [1.54, 1.807) is 17.5 Å². The standard InChI is InChI=1S/C14H15N3OS/c18-14(17-11-5-9-1-2-10(11)16-9)12-6-13-8(7-15-12)3-4-19-13/h3-4,6-7,9-11,16H,1-2,5H2,(H,17,18)/t9-,10+,11-/m1/s1. The molecule has 3 atom stereocenters. The van der Waals surface area contributed by atoms with Crippen LogP contribution in [0.5, 0.6) is 0 Å². The van der Waals surface area contributed by atoms with Gasteiger partial charge in [-0.25, -0.2) is 0 Å². The first kappa shape index (κ1) is 11.4. The second-order valence-electron chi connectivity index (χ2n) is 5.39. The van der Waals surface area contributed by atoms with Crippen molar-refractivity contribution in [3.8, 4) is 0 Å². The average Bonchev–Trinajstić information content (AvgIpc) is 3.13. The monoisotopic (exact) mass is 273 g/mol. The number of nitrogens with one attached hydrogen (secondary N) is 2. The first-order valence-corrected chi connectivity index (χ1v) is 7.58. The van der Waals surface area contributed by atoms with Crippen molar-refractivity contribution in [1.29, 1.82) is 0 Å². The predicted molar refractivity (Wildman–Crippen MR) is 75.4 cm³/mol. The molecule has 0 spiro atoms. The molecule has 2 fully saturated rings. The SMILES string of the molecule is O=C(N[C@@H]1C[C@H]2CC[C@@H]1N2)c1cc2sccc2cn1. The number of carbonyl (C=O) groups excluding carboxylic acids is 1. The van der Waals surface area contributed by atoms with E-state index in [2.05, 4.69) is 15.6 Å². The maximum absolute atomic E-state index is 12.2. The Labute approximate surface area is 115 Å². The minimum Gasteiger partial charge on any atom is -0.346 e. The highest BCUT2D eigenvalue weighted by molar-refractivity contribution is 7.17. The number of rotatable bonds is 2. The molecule has 0 saturated carbocycles. The van der Waals surface area contributed by atoms with Crippen molar-refractivity contribution >= 4 is 27.3 Å². The van der Waals surface area contributed by atoms with E-state index in [9.17, 15) is 4.79 Å². The first-order valence-electron chi connectivity index (χ1n) is 6.70. The molecule has 0 aromatic carbocycles. The summed E-state index contributed by atoms with van der Waals surface area (Å²) in [6.45, 7) is 0. The van der Waals surface area contributed by atoms with Gasteiger partial charge in [-0.15, -0.1) is 11.3 Å². The molecule has 2 aliphatic heterocycles. The van der Waals surface area contributed by atoms with Gasteiger partial charge in [0, 0.05) is 34.4 Å². The van der Waals surface area contributed by atoms with E-state index in [1.165, 1.54) is 12.8 Å². The predicted octanol–water partition coefficient (Wildman–Crippen LogP) is 1.92. The van der Waals surface area contributed by atoms with Crippen LogP contribution >= 0.6 is 11.3 Å². The van der Waals surface area contributed by atoms with Crippen LogP contribution in [-0.4, -0.2) is 29.0 Å². The van der Waals surface area contributed by atoms with Crippen LogP contribution in [0.1, 0.15) is 29.8 Å². The molecular weight excluding hydrogens is 258 g/mol. The molecule has 2 N–H and O–H groups in total. The molecule has 2 saturated heterocycles. The molecule has 4 rings (SSSR count). The normalized spacial score (nSPS) is 28.9. The number of amides is 1. The summed E-state index contributed by atoms with van der Waals surface area (Å²) >= 11 is 1.64. The number of pyridine rings is 1. The lowest BCUT2D eigenvalue weighted by Crippen LogP contribution is -2.43. The Morgan fingerprint density at radius 1 is 1.47 bits per heavy atom. The summed E-state index contributed by atoms with van der Waals surface area (Å²) in [5, 5.41) is 9.77. The van der Waals surface area contributed by atoms with Crippen LogP contribution in [0, 0.1) is 0 Å². The van der Waals surface area contributed by atoms with Gasteiger partial charge in [-0.1, -0.05) is 0 Å². The lowest BCUT2D eigenvalue weighted by Gasteiger charge is -2.21. The van der Waals surface area contributed by atoms with Crippen LogP contribution in [0.2, 0.25) is 0 Å². The topological polar surface area (TPSA) is 54.0 Å². The molecule has 5 heteroatoms. The minimum atomic E-state index is -0.0466. The van der Waals surface area contributed by atoms with Gasteiger partial charge < -0.3 is 10.6 Å². The quantitative estimate of drug-likeness (QED) is 0.879. The average molecular weight is 273 g/mol. The molecule has 1 amide bonds. The number of carbonyl (C=O) groups is 1. The zero-order valence-corrected chi connectivity index (χ0v) is 11.2. The van der Waals surface area contributed by atoms with Gasteiger partial charge in [-0.2, -0.15) is 0 Å². The third-order valence-corrected chi connectivity index (χ3v) is 5.07. The Kier molecular flexibility index (Phi) is 2.56. The van der Waals surface area contributed by atoms with Gasteiger partial charge in [0.2, 0.25) is 0 Å². The fourth-order valence-electron chi connectivity index (χ4n) is 3.21. The lowest BCUT2D eigenvalue weighted by atomic mass is 9.95. The highest BCUT2D eigenvalue weighted by atomic mass is 32.1. The summed E-state index contributed by atoms with van der Waals surface area (Å²) in [4.78, 5) is 16.5. The summed E-state index contributed by atoms with van der Waals surface area (Å²) in [5.41, 5.74) is 0.526. The fourth-order valence-corrected chi connectivity index (χ4v) is 4.00. The fraction of sp³-hybridized carbons (Fsp3) is 0.429. The Balaban J connectivity index is 1.53. The van der Waals surface area contributed by atoms with Gasteiger partial charge in [0.15, 0.2) is 0 Å². The molecule has 19 heavy (non-hydrogen) atoms. The Hall–Kier alpha value is -1.46. The zero-order chi connectivity index (χ0) is 12.8. The van der Waals surface area contributed by atoms with Crippen LogP contribution in [0.25, 0.3) is 10.1 Å². The molecular formula is C14H15N3OS. The van der Waals surface area contributed by atoms with Crippen molar-refractivity contribution in [2.24, 2.45) is 0 Å². The number of aromatic nitrogens is 1. The number of thiophene rings is 1. The van der Waals surface area contributed by atoms with Gasteiger partial charge in [-0.05, 0) is 36.8 Å². The molecule has 2 aromatic rings. The third-order valence-electron chi connectivity index (χ3n) is 4.19. The summed E-state index contributed by atoms with van der Waals surface area (Å²) in [6, 6.07) is 5.24. The number of hydrogen-bond donors (Lipinski definition) is 2. The molecule has 4 heterocycles. The molecule has 0 unspecified atom stereocenters. The maximum atomic E-state index is 12.2. The third kappa shape index (κ3) is 1.93. The van der Waals surface area contributed by atoms with Gasteiger partial charge in [0.05, 0.1) is 0 Å². The van der Waals surface area contributed by atoms with E-state index >= 15 is 0 Å². The van der Waals surface area contributed by atoms with Crippen LogP contribution < -0.4 is 10.6 Å². The smallest absolute Gasteiger partial charge is 0.270 e. The first-order chi connectivity index (χ1) is 9.29. The van der Waals surface area contributed by atoms with E-state index in [-0.39, 0.29) is 11.9 Å². The van der Waals surface area contributed by atoms with Crippen molar-refractivity contribution in [2.45, 2.75) is 37.4 Å². The number of nitrogens with zero attached hydrogens (tertiary/aromatic N) is 1. The Morgan fingerprint density at radius 3 is 3.21 bits per heavy atom. The minimum absolute atomic E-state index is 0.0466. The number of fused-ring (bicyclic) bond motifs is 3. The van der Waals surface area contributed by atoms with E-state index in [4.69, 9.17) is 0 Å². The molecule has 4 nitrogen and oxygen atoms in total. The summed E-state index contributed by atoms with van der Waals surface area (Å²) in [7, 11) is 0.